The van der Waals surface area contributed by atoms with Crippen LogP contribution < -0.4 is 10.5 Å². The zero-order valence-corrected chi connectivity index (χ0v) is 10.1. The van der Waals surface area contributed by atoms with E-state index >= 15 is 0 Å². The van der Waals surface area contributed by atoms with Crippen molar-refractivity contribution in [2.45, 2.75) is 32.6 Å². The Morgan fingerprint density at radius 1 is 1.31 bits per heavy atom. The number of rotatable bonds is 4. The first-order valence-electron chi connectivity index (χ1n) is 5.42. The van der Waals surface area contributed by atoms with Gasteiger partial charge in [-0.2, -0.15) is 0 Å². The van der Waals surface area contributed by atoms with Gasteiger partial charge in [-0.15, -0.1) is 0 Å². The molecule has 1 aromatic carbocycles. The van der Waals surface area contributed by atoms with E-state index in [0.717, 1.165) is 11.3 Å². The maximum absolute atomic E-state index is 10.6. The minimum absolute atomic E-state index is 0.0311. The summed E-state index contributed by atoms with van der Waals surface area (Å²) < 4.78 is 5.57. The van der Waals surface area contributed by atoms with Gasteiger partial charge in [-0.3, -0.25) is 4.79 Å². The Bertz CT molecular complexity index is 366. The van der Waals surface area contributed by atoms with Gasteiger partial charge in [-0.25, -0.2) is 0 Å². The molecule has 3 heteroatoms. The molecule has 0 aliphatic rings. The van der Waals surface area contributed by atoms with Crippen LogP contribution in [0.1, 0.15) is 32.8 Å². The van der Waals surface area contributed by atoms with Gasteiger partial charge in [0.2, 0.25) is 5.91 Å². The molecule has 2 N–H and O–H groups in total. The van der Waals surface area contributed by atoms with Crippen LogP contribution in [-0.4, -0.2) is 12.5 Å². The highest BCUT2D eigenvalue weighted by Gasteiger charge is 2.18. The lowest BCUT2D eigenvalue weighted by Crippen LogP contribution is -2.17. The standard InChI is InChI=1S/C13H19NO2/c1-13(2,3)10-6-4-5-7-11(10)16-9-8-12(14)15/h4-7H,8-9H2,1-3H3,(H2,14,15). The van der Waals surface area contributed by atoms with Crippen molar-refractivity contribution in [3.05, 3.63) is 29.8 Å². The summed E-state index contributed by atoms with van der Waals surface area (Å²) in [4.78, 5) is 10.6. The van der Waals surface area contributed by atoms with Crippen molar-refractivity contribution in [3.63, 3.8) is 0 Å². The maximum atomic E-state index is 10.6. The Hall–Kier alpha value is -1.51. The van der Waals surface area contributed by atoms with Gasteiger partial charge in [-0.05, 0) is 17.0 Å². The van der Waals surface area contributed by atoms with Gasteiger partial charge < -0.3 is 10.5 Å². The van der Waals surface area contributed by atoms with Crippen molar-refractivity contribution in [2.75, 3.05) is 6.61 Å². The summed E-state index contributed by atoms with van der Waals surface area (Å²) in [7, 11) is 0. The number of amides is 1. The zero-order chi connectivity index (χ0) is 12.2. The highest BCUT2D eigenvalue weighted by Crippen LogP contribution is 2.30. The second-order valence-electron chi connectivity index (χ2n) is 4.81. The maximum Gasteiger partial charge on any atom is 0.220 e. The predicted octanol–water partition coefficient (Wildman–Crippen LogP) is 2.24. The van der Waals surface area contributed by atoms with Crippen molar-refractivity contribution in [2.24, 2.45) is 5.73 Å². The van der Waals surface area contributed by atoms with Crippen molar-refractivity contribution < 1.29 is 9.53 Å². The quantitative estimate of drug-likeness (QED) is 0.847. The summed E-state index contributed by atoms with van der Waals surface area (Å²) in [5.74, 6) is 0.490. The highest BCUT2D eigenvalue weighted by atomic mass is 16.5. The molecule has 0 aliphatic heterocycles. The van der Waals surface area contributed by atoms with E-state index in [4.69, 9.17) is 10.5 Å². The van der Waals surface area contributed by atoms with E-state index in [0.29, 0.717) is 6.61 Å². The average molecular weight is 221 g/mol. The molecule has 0 saturated carbocycles. The van der Waals surface area contributed by atoms with Crippen LogP contribution in [0.3, 0.4) is 0 Å². The third kappa shape index (κ3) is 3.57. The number of primary amides is 1. The lowest BCUT2D eigenvalue weighted by atomic mass is 9.86. The number of hydrogen-bond acceptors (Lipinski definition) is 2. The van der Waals surface area contributed by atoms with Crippen molar-refractivity contribution >= 4 is 5.91 Å². The largest absolute Gasteiger partial charge is 0.493 e. The molecule has 0 radical (unpaired) electrons. The fraction of sp³-hybridized carbons (Fsp3) is 0.462. The van der Waals surface area contributed by atoms with Gasteiger partial charge in [0.05, 0.1) is 13.0 Å². The normalized spacial score (nSPS) is 11.2. The Balaban J connectivity index is 2.76. The molecular formula is C13H19NO2. The summed E-state index contributed by atoms with van der Waals surface area (Å²) >= 11 is 0. The summed E-state index contributed by atoms with van der Waals surface area (Å²) in [6.07, 6.45) is 0.248. The molecule has 0 heterocycles. The number of carbonyl (C=O) groups is 1. The lowest BCUT2D eigenvalue weighted by molar-refractivity contribution is -0.118. The van der Waals surface area contributed by atoms with Crippen molar-refractivity contribution in [3.8, 4) is 5.75 Å². The fourth-order valence-electron chi connectivity index (χ4n) is 1.47. The Morgan fingerprint density at radius 2 is 1.94 bits per heavy atom. The predicted molar refractivity (Wildman–Crippen MR) is 64.4 cm³/mol. The number of ether oxygens (including phenoxy) is 1. The number of hydrogen-bond donors (Lipinski definition) is 1. The van der Waals surface area contributed by atoms with Crippen molar-refractivity contribution in [1.29, 1.82) is 0 Å². The molecule has 16 heavy (non-hydrogen) atoms. The minimum Gasteiger partial charge on any atom is -0.493 e. The zero-order valence-electron chi connectivity index (χ0n) is 10.1. The van der Waals surface area contributed by atoms with E-state index in [1.807, 2.05) is 24.3 Å². The average Bonchev–Trinajstić information content (AvgIpc) is 2.16. The number of benzene rings is 1. The van der Waals surface area contributed by atoms with Gasteiger partial charge in [0, 0.05) is 0 Å². The summed E-state index contributed by atoms with van der Waals surface area (Å²) in [6, 6.07) is 7.87. The monoisotopic (exact) mass is 221 g/mol. The molecule has 88 valence electrons. The molecule has 1 rings (SSSR count). The van der Waals surface area contributed by atoms with Crippen LogP contribution in [0.2, 0.25) is 0 Å². The third-order valence-corrected chi connectivity index (χ3v) is 2.30. The van der Waals surface area contributed by atoms with Crippen LogP contribution in [0, 0.1) is 0 Å². The van der Waals surface area contributed by atoms with Crippen LogP contribution in [-0.2, 0) is 10.2 Å². The van der Waals surface area contributed by atoms with E-state index in [1.165, 1.54) is 0 Å². The highest BCUT2D eigenvalue weighted by molar-refractivity contribution is 5.73. The van der Waals surface area contributed by atoms with E-state index in [2.05, 4.69) is 20.8 Å². The lowest BCUT2D eigenvalue weighted by Gasteiger charge is -2.22. The van der Waals surface area contributed by atoms with E-state index < -0.39 is 0 Å². The first-order chi connectivity index (χ1) is 7.41. The van der Waals surface area contributed by atoms with Crippen LogP contribution in [0.5, 0.6) is 5.75 Å². The van der Waals surface area contributed by atoms with Crippen LogP contribution >= 0.6 is 0 Å². The van der Waals surface area contributed by atoms with E-state index in [-0.39, 0.29) is 17.7 Å². The Labute approximate surface area is 96.6 Å². The summed E-state index contributed by atoms with van der Waals surface area (Å²) in [6.45, 7) is 6.72. The summed E-state index contributed by atoms with van der Waals surface area (Å²) in [5.41, 5.74) is 6.23. The number of carbonyl (C=O) groups excluding carboxylic acids is 1. The van der Waals surface area contributed by atoms with Crippen LogP contribution in [0.4, 0.5) is 0 Å². The van der Waals surface area contributed by atoms with Crippen molar-refractivity contribution in [1.82, 2.24) is 0 Å². The van der Waals surface area contributed by atoms with E-state index in [1.54, 1.807) is 0 Å². The van der Waals surface area contributed by atoms with Crippen LogP contribution in [0.25, 0.3) is 0 Å². The fourth-order valence-corrected chi connectivity index (χ4v) is 1.47. The first-order valence-corrected chi connectivity index (χ1v) is 5.42. The Kier molecular flexibility index (Phi) is 3.93. The molecule has 1 aromatic rings. The van der Waals surface area contributed by atoms with Gasteiger partial charge in [0.1, 0.15) is 5.75 Å². The minimum atomic E-state index is -0.340. The number of nitrogens with two attached hydrogens (primary N) is 1. The molecule has 0 aromatic heterocycles. The molecule has 0 bridgehead atoms. The smallest absolute Gasteiger partial charge is 0.220 e. The van der Waals surface area contributed by atoms with E-state index in [9.17, 15) is 4.79 Å². The second kappa shape index (κ2) is 5.01. The molecule has 0 saturated heterocycles. The van der Waals surface area contributed by atoms with Crippen LogP contribution in [0.15, 0.2) is 24.3 Å². The molecule has 0 atom stereocenters. The molecule has 3 nitrogen and oxygen atoms in total. The molecule has 0 spiro atoms. The molecule has 0 fully saturated rings. The second-order valence-corrected chi connectivity index (χ2v) is 4.81. The molecule has 1 amide bonds. The van der Waals surface area contributed by atoms with Gasteiger partial charge in [0.15, 0.2) is 0 Å². The SMILES string of the molecule is CC(C)(C)c1ccccc1OCCC(N)=O. The Morgan fingerprint density at radius 3 is 2.50 bits per heavy atom. The van der Waals surface area contributed by atoms with Gasteiger partial charge in [0.25, 0.3) is 0 Å². The number of para-hydroxylation sites is 1. The molecule has 0 unspecified atom stereocenters. The van der Waals surface area contributed by atoms with Gasteiger partial charge in [-0.1, -0.05) is 39.0 Å². The molecular weight excluding hydrogens is 202 g/mol. The topological polar surface area (TPSA) is 52.3 Å². The molecule has 0 aliphatic carbocycles. The third-order valence-electron chi connectivity index (χ3n) is 2.30. The first kappa shape index (κ1) is 12.6. The van der Waals surface area contributed by atoms with Gasteiger partial charge >= 0.3 is 0 Å². The summed E-state index contributed by atoms with van der Waals surface area (Å²) in [5, 5.41) is 0.